The van der Waals surface area contributed by atoms with Crippen molar-refractivity contribution in [3.8, 4) is 11.1 Å². The number of fused-ring (bicyclic) bond motifs is 1. The Morgan fingerprint density at radius 2 is 2.10 bits per heavy atom. The monoisotopic (exact) mass is 420 g/mol. The van der Waals surface area contributed by atoms with Gasteiger partial charge in [-0.25, -0.2) is 9.37 Å². The number of hydrogen-bond acceptors (Lipinski definition) is 3. The minimum atomic E-state index is -0.275. The number of benzene rings is 1. The molecule has 0 unspecified atom stereocenters. The number of nitriles is 1. The summed E-state index contributed by atoms with van der Waals surface area (Å²) in [5.74, 6) is -0.275. The van der Waals surface area contributed by atoms with Crippen molar-refractivity contribution in [2.24, 2.45) is 0 Å². The van der Waals surface area contributed by atoms with Crippen LogP contribution in [-0.2, 0) is 13.0 Å². The molecule has 6 heteroatoms. The van der Waals surface area contributed by atoms with Gasteiger partial charge in [0.05, 0.1) is 24.0 Å². The highest BCUT2D eigenvalue weighted by molar-refractivity contribution is 7.15. The smallest absolute Gasteiger partial charge is 0.125 e. The van der Waals surface area contributed by atoms with Gasteiger partial charge in [-0.05, 0) is 49.1 Å². The van der Waals surface area contributed by atoms with Crippen LogP contribution < -0.4 is 0 Å². The third-order valence-corrected chi connectivity index (χ3v) is 6.93. The lowest BCUT2D eigenvalue weighted by atomic mass is 10.1. The molecule has 0 amide bonds. The lowest BCUT2D eigenvalue weighted by Crippen LogP contribution is -1.95. The van der Waals surface area contributed by atoms with Crippen LogP contribution in [0.2, 0.25) is 0 Å². The van der Waals surface area contributed by atoms with Crippen LogP contribution in [0.25, 0.3) is 15.9 Å². The molecule has 0 fully saturated rings. The molecule has 4 rings (SSSR count). The van der Waals surface area contributed by atoms with E-state index in [1.807, 2.05) is 34.5 Å². The van der Waals surface area contributed by atoms with Gasteiger partial charge >= 0.3 is 0 Å². The number of rotatable bonds is 8. The maximum Gasteiger partial charge on any atom is 0.125 e. The zero-order valence-corrected chi connectivity index (χ0v) is 18.2. The van der Waals surface area contributed by atoms with Crippen molar-refractivity contribution in [2.45, 2.75) is 52.5 Å². The summed E-state index contributed by atoms with van der Waals surface area (Å²) in [5, 5.41) is 11.8. The number of aromatic nitrogens is 3. The van der Waals surface area contributed by atoms with Crippen LogP contribution in [0, 0.1) is 24.1 Å². The van der Waals surface area contributed by atoms with Crippen LogP contribution in [0.5, 0.6) is 0 Å². The van der Waals surface area contributed by atoms with Gasteiger partial charge in [-0.15, -0.1) is 11.3 Å². The maximum atomic E-state index is 14.1. The third-order valence-electron chi connectivity index (χ3n) is 5.58. The van der Waals surface area contributed by atoms with Gasteiger partial charge in [0.1, 0.15) is 16.9 Å². The van der Waals surface area contributed by atoms with Gasteiger partial charge in [0, 0.05) is 28.9 Å². The van der Waals surface area contributed by atoms with Gasteiger partial charge in [0.15, 0.2) is 0 Å². The molecule has 0 saturated heterocycles. The molecule has 3 aromatic heterocycles. The molecule has 0 saturated carbocycles. The highest BCUT2D eigenvalue weighted by atomic mass is 32.1. The van der Waals surface area contributed by atoms with Gasteiger partial charge in [0.2, 0.25) is 0 Å². The molecule has 0 aliphatic carbocycles. The number of nitrogens with zero attached hydrogens (tertiary/aromatic N) is 4. The van der Waals surface area contributed by atoms with E-state index >= 15 is 0 Å². The summed E-state index contributed by atoms with van der Waals surface area (Å²) in [7, 11) is 0. The average Bonchev–Trinajstić information content (AvgIpc) is 3.44. The number of unbranched alkanes of at least 4 members (excludes halogenated alkanes) is 3. The standard InChI is InChI=1S/C24H25FN4S/c1-3-4-5-6-7-23-17(2)21(13-26)24(30-23)29-15-18(14-28-11-10-27-16-28)20-9-8-19(25)12-22(20)29/h8-12,15-16H,3-7,14H2,1-2H3. The number of halogens is 1. The largest absolute Gasteiger partial charge is 0.333 e. The average molecular weight is 421 g/mol. The van der Waals surface area contributed by atoms with Gasteiger partial charge in [-0.3, -0.25) is 0 Å². The Bertz CT molecular complexity index is 1190. The topological polar surface area (TPSA) is 46.5 Å². The minimum Gasteiger partial charge on any atom is -0.333 e. The number of thiophene rings is 1. The molecular formula is C24H25FN4S. The summed E-state index contributed by atoms with van der Waals surface area (Å²) in [4.78, 5) is 5.37. The molecule has 0 spiro atoms. The Morgan fingerprint density at radius 1 is 1.23 bits per heavy atom. The SMILES string of the molecule is CCCCCCc1sc(-n2cc(Cn3ccnc3)c3ccc(F)cc32)c(C#N)c1C. The van der Waals surface area contributed by atoms with E-state index in [0.717, 1.165) is 39.9 Å². The predicted octanol–water partition coefficient (Wildman–Crippen LogP) is 6.38. The van der Waals surface area contributed by atoms with Crippen LogP contribution >= 0.6 is 11.3 Å². The van der Waals surface area contributed by atoms with Crippen LogP contribution in [0.4, 0.5) is 4.39 Å². The zero-order valence-electron chi connectivity index (χ0n) is 17.4. The number of hydrogen-bond donors (Lipinski definition) is 0. The molecule has 0 N–H and O–H groups in total. The van der Waals surface area contributed by atoms with Crippen LogP contribution in [-0.4, -0.2) is 14.1 Å². The quantitative estimate of drug-likeness (QED) is 0.311. The van der Waals surface area contributed by atoms with Gasteiger partial charge in [0.25, 0.3) is 0 Å². The fraction of sp³-hybridized carbons (Fsp3) is 0.333. The first-order valence-corrected chi connectivity index (χ1v) is 11.2. The molecule has 0 aliphatic rings. The van der Waals surface area contributed by atoms with Crippen molar-refractivity contribution in [3.05, 3.63) is 70.5 Å². The van der Waals surface area contributed by atoms with Gasteiger partial charge in [-0.1, -0.05) is 26.2 Å². The number of aryl methyl sites for hydroxylation is 1. The first-order chi connectivity index (χ1) is 14.6. The van der Waals surface area contributed by atoms with Crippen molar-refractivity contribution in [3.63, 3.8) is 0 Å². The van der Waals surface area contributed by atoms with Crippen LogP contribution in [0.1, 0.15) is 54.2 Å². The van der Waals surface area contributed by atoms with E-state index in [0.29, 0.717) is 12.1 Å². The molecule has 0 atom stereocenters. The third kappa shape index (κ3) is 3.90. The van der Waals surface area contributed by atoms with E-state index in [9.17, 15) is 9.65 Å². The van der Waals surface area contributed by atoms with Crippen molar-refractivity contribution in [1.82, 2.24) is 14.1 Å². The summed E-state index contributed by atoms with van der Waals surface area (Å²) in [6.07, 6.45) is 13.2. The predicted molar refractivity (Wildman–Crippen MR) is 120 cm³/mol. The van der Waals surface area contributed by atoms with E-state index in [1.165, 1.54) is 30.2 Å². The van der Waals surface area contributed by atoms with Crippen LogP contribution in [0.3, 0.4) is 0 Å². The van der Waals surface area contributed by atoms with E-state index in [-0.39, 0.29) is 5.82 Å². The second-order valence-electron chi connectivity index (χ2n) is 7.67. The summed E-state index contributed by atoms with van der Waals surface area (Å²) in [5.41, 5.74) is 3.62. The van der Waals surface area contributed by atoms with Crippen molar-refractivity contribution in [2.75, 3.05) is 0 Å². The summed E-state index contributed by atoms with van der Waals surface area (Å²) in [6.45, 7) is 4.89. The molecule has 0 aliphatic heterocycles. The molecule has 3 heterocycles. The Morgan fingerprint density at radius 3 is 2.83 bits per heavy atom. The summed E-state index contributed by atoms with van der Waals surface area (Å²) in [6, 6.07) is 7.28. The van der Waals surface area contributed by atoms with Crippen LogP contribution in [0.15, 0.2) is 43.1 Å². The van der Waals surface area contributed by atoms with Gasteiger partial charge in [-0.2, -0.15) is 5.26 Å². The summed E-state index contributed by atoms with van der Waals surface area (Å²) < 4.78 is 18.1. The second-order valence-corrected chi connectivity index (χ2v) is 8.76. The Labute approximate surface area is 180 Å². The minimum absolute atomic E-state index is 0.275. The van der Waals surface area contributed by atoms with E-state index < -0.39 is 0 Å². The van der Waals surface area contributed by atoms with Gasteiger partial charge < -0.3 is 9.13 Å². The molecule has 1 aromatic carbocycles. The van der Waals surface area contributed by atoms with Crippen molar-refractivity contribution < 1.29 is 4.39 Å². The molecule has 0 bridgehead atoms. The first kappa shape index (κ1) is 20.4. The van der Waals surface area contributed by atoms with E-state index in [1.54, 1.807) is 29.9 Å². The molecule has 4 aromatic rings. The molecule has 0 radical (unpaired) electrons. The zero-order chi connectivity index (χ0) is 21.1. The molecule has 30 heavy (non-hydrogen) atoms. The normalized spacial score (nSPS) is 11.3. The molecule has 154 valence electrons. The van der Waals surface area contributed by atoms with Crippen molar-refractivity contribution >= 4 is 22.2 Å². The highest BCUT2D eigenvalue weighted by Crippen LogP contribution is 2.36. The maximum absolute atomic E-state index is 14.1. The first-order valence-electron chi connectivity index (χ1n) is 10.4. The lowest BCUT2D eigenvalue weighted by molar-refractivity contribution is 0.629. The molecular weight excluding hydrogens is 395 g/mol. The fourth-order valence-corrected chi connectivity index (χ4v) is 5.22. The Kier molecular flexibility index (Phi) is 6.01. The molecule has 4 nitrogen and oxygen atoms in total. The van der Waals surface area contributed by atoms with E-state index in [4.69, 9.17) is 0 Å². The van der Waals surface area contributed by atoms with Crippen molar-refractivity contribution in [1.29, 1.82) is 5.26 Å². The summed E-state index contributed by atoms with van der Waals surface area (Å²) >= 11 is 1.66. The Balaban J connectivity index is 1.79. The van der Waals surface area contributed by atoms with E-state index in [2.05, 4.69) is 18.0 Å². The highest BCUT2D eigenvalue weighted by Gasteiger charge is 2.19. The number of imidazole rings is 1. The fourth-order valence-electron chi connectivity index (χ4n) is 3.94. The lowest BCUT2D eigenvalue weighted by Gasteiger charge is -2.03. The Hall–Kier alpha value is -2.91. The second kappa shape index (κ2) is 8.85.